The predicted molar refractivity (Wildman–Crippen MR) is 154 cm³/mol. The van der Waals surface area contributed by atoms with E-state index < -0.39 is 17.7 Å². The van der Waals surface area contributed by atoms with E-state index >= 15 is 0 Å². The molecule has 4 rings (SSSR count). The Balaban J connectivity index is 1.71. The van der Waals surface area contributed by atoms with E-state index in [9.17, 15) is 14.7 Å². The zero-order valence-corrected chi connectivity index (χ0v) is 23.4. The minimum absolute atomic E-state index is 0.0368. The van der Waals surface area contributed by atoms with E-state index in [4.69, 9.17) is 14.2 Å². The number of rotatable bonds is 12. The number of hydrogen-bond donors (Lipinski definition) is 1. The molecule has 40 heavy (non-hydrogen) atoms. The van der Waals surface area contributed by atoms with Gasteiger partial charge in [-0.25, -0.2) is 0 Å². The highest BCUT2D eigenvalue weighted by Crippen LogP contribution is 2.41. The smallest absolute Gasteiger partial charge is 0.295 e. The van der Waals surface area contributed by atoms with Gasteiger partial charge in [-0.05, 0) is 54.5 Å². The van der Waals surface area contributed by atoms with Gasteiger partial charge in [-0.2, -0.15) is 0 Å². The number of hydrogen-bond acceptors (Lipinski definition) is 7. The molecule has 3 aromatic carbocycles. The van der Waals surface area contributed by atoms with Crippen molar-refractivity contribution >= 4 is 17.4 Å². The second-order valence-electron chi connectivity index (χ2n) is 9.43. The Bertz CT molecular complexity index is 1350. The van der Waals surface area contributed by atoms with Gasteiger partial charge in [0.25, 0.3) is 11.7 Å². The summed E-state index contributed by atoms with van der Waals surface area (Å²) < 4.78 is 16.6. The third kappa shape index (κ3) is 6.13. The Hall–Kier alpha value is -4.30. The van der Waals surface area contributed by atoms with Crippen molar-refractivity contribution in [1.82, 2.24) is 9.80 Å². The van der Waals surface area contributed by atoms with Gasteiger partial charge in [-0.1, -0.05) is 56.3 Å². The van der Waals surface area contributed by atoms with Crippen LogP contribution in [0.1, 0.15) is 36.6 Å². The van der Waals surface area contributed by atoms with Crippen LogP contribution in [0.4, 0.5) is 0 Å². The largest absolute Gasteiger partial charge is 0.507 e. The standard InChI is InChI=1S/C32H36N2O6/c1-5-33(6-2)18-19-34-29(23-12-15-25(16-13-23)40-21-22-10-8-7-9-11-22)28(31(36)32(34)37)30(35)24-14-17-26(38-3)27(20-24)39-4/h7-17,20,29,35H,5-6,18-19,21H2,1-4H3/t29-/m1/s1. The zero-order chi connectivity index (χ0) is 28.6. The number of aliphatic hydroxyl groups excluding tert-OH is 1. The first-order chi connectivity index (χ1) is 19.4. The minimum atomic E-state index is -0.758. The number of likely N-dealkylation sites (tertiary alicyclic amines) is 1. The van der Waals surface area contributed by atoms with E-state index in [1.807, 2.05) is 54.6 Å². The molecular formula is C32H36N2O6. The topological polar surface area (TPSA) is 88.5 Å². The van der Waals surface area contributed by atoms with Gasteiger partial charge in [0.1, 0.15) is 18.1 Å². The number of ether oxygens (including phenoxy) is 3. The number of likely N-dealkylation sites (N-methyl/N-ethyl adjacent to an activating group) is 1. The first-order valence-electron chi connectivity index (χ1n) is 13.4. The van der Waals surface area contributed by atoms with Crippen molar-refractivity contribution in [2.45, 2.75) is 26.5 Å². The highest BCUT2D eigenvalue weighted by Gasteiger charge is 2.46. The number of Topliss-reactive ketones (excluding diaryl/α,β-unsaturated/α-hetero) is 1. The van der Waals surface area contributed by atoms with Crippen molar-refractivity contribution < 1.29 is 28.9 Å². The molecular weight excluding hydrogens is 508 g/mol. The molecule has 210 valence electrons. The molecule has 3 aromatic rings. The van der Waals surface area contributed by atoms with Crippen LogP contribution in [0.2, 0.25) is 0 Å². The molecule has 0 spiro atoms. The average Bonchev–Trinajstić information content (AvgIpc) is 3.25. The summed E-state index contributed by atoms with van der Waals surface area (Å²) in [7, 11) is 3.02. The second kappa shape index (κ2) is 13.2. The summed E-state index contributed by atoms with van der Waals surface area (Å²) in [4.78, 5) is 30.5. The summed E-state index contributed by atoms with van der Waals surface area (Å²) in [6.07, 6.45) is 0. The summed E-state index contributed by atoms with van der Waals surface area (Å²) in [5.41, 5.74) is 2.14. The van der Waals surface area contributed by atoms with E-state index in [1.165, 1.54) is 14.2 Å². The summed E-state index contributed by atoms with van der Waals surface area (Å²) in [6.45, 7) is 7.12. The molecule has 0 aromatic heterocycles. The fourth-order valence-corrected chi connectivity index (χ4v) is 4.87. The molecule has 1 aliphatic heterocycles. The lowest BCUT2D eigenvalue weighted by Gasteiger charge is -2.28. The number of amides is 1. The first-order valence-corrected chi connectivity index (χ1v) is 13.4. The SMILES string of the molecule is CCN(CC)CCN1C(=O)C(=O)C(=C(O)c2ccc(OC)c(OC)c2)[C@H]1c1ccc(OCc2ccccc2)cc1. The summed E-state index contributed by atoms with van der Waals surface area (Å²) in [5.74, 6) is -0.0726. The van der Waals surface area contributed by atoms with Gasteiger partial charge in [0, 0.05) is 18.7 Å². The van der Waals surface area contributed by atoms with Crippen LogP contribution in [-0.2, 0) is 16.2 Å². The molecule has 1 aliphatic rings. The Morgan fingerprint density at radius 2 is 1.57 bits per heavy atom. The molecule has 0 aliphatic carbocycles. The van der Waals surface area contributed by atoms with E-state index in [1.54, 1.807) is 23.1 Å². The summed E-state index contributed by atoms with van der Waals surface area (Å²) in [6, 6.07) is 21.3. The van der Waals surface area contributed by atoms with Gasteiger partial charge >= 0.3 is 0 Å². The van der Waals surface area contributed by atoms with Crippen LogP contribution in [0.25, 0.3) is 5.76 Å². The molecule has 8 nitrogen and oxygen atoms in total. The Kier molecular flexibility index (Phi) is 9.45. The maximum absolute atomic E-state index is 13.4. The van der Waals surface area contributed by atoms with Crippen LogP contribution >= 0.6 is 0 Å². The molecule has 1 amide bonds. The van der Waals surface area contributed by atoms with Crippen molar-refractivity contribution in [2.24, 2.45) is 0 Å². The third-order valence-electron chi connectivity index (χ3n) is 7.19. The fourth-order valence-electron chi connectivity index (χ4n) is 4.87. The Morgan fingerprint density at radius 3 is 2.20 bits per heavy atom. The molecule has 0 unspecified atom stereocenters. The fraction of sp³-hybridized carbons (Fsp3) is 0.312. The predicted octanol–water partition coefficient (Wildman–Crippen LogP) is 5.05. The lowest BCUT2D eigenvalue weighted by molar-refractivity contribution is -0.140. The summed E-state index contributed by atoms with van der Waals surface area (Å²) >= 11 is 0. The van der Waals surface area contributed by atoms with Crippen LogP contribution in [0.5, 0.6) is 17.2 Å². The zero-order valence-electron chi connectivity index (χ0n) is 23.4. The van der Waals surface area contributed by atoms with Crippen LogP contribution in [0.3, 0.4) is 0 Å². The number of methoxy groups -OCH3 is 2. The molecule has 1 heterocycles. The van der Waals surface area contributed by atoms with Crippen molar-refractivity contribution in [1.29, 1.82) is 0 Å². The van der Waals surface area contributed by atoms with Crippen molar-refractivity contribution in [3.63, 3.8) is 0 Å². The van der Waals surface area contributed by atoms with Crippen molar-refractivity contribution in [3.8, 4) is 17.2 Å². The van der Waals surface area contributed by atoms with Crippen LogP contribution in [0, 0.1) is 0 Å². The lowest BCUT2D eigenvalue weighted by Crippen LogP contribution is -2.38. The molecule has 8 heteroatoms. The van der Waals surface area contributed by atoms with E-state index in [0.717, 1.165) is 18.7 Å². The molecule has 1 saturated heterocycles. The molecule has 0 saturated carbocycles. The van der Waals surface area contributed by atoms with Crippen LogP contribution < -0.4 is 14.2 Å². The number of aliphatic hydroxyl groups is 1. The number of benzene rings is 3. The molecule has 0 radical (unpaired) electrons. The second-order valence-corrected chi connectivity index (χ2v) is 9.43. The third-order valence-corrected chi connectivity index (χ3v) is 7.19. The maximum Gasteiger partial charge on any atom is 0.295 e. The Morgan fingerprint density at radius 1 is 0.900 bits per heavy atom. The minimum Gasteiger partial charge on any atom is -0.507 e. The number of carbonyl (C=O) groups excluding carboxylic acids is 2. The maximum atomic E-state index is 13.4. The van der Waals surface area contributed by atoms with Crippen LogP contribution in [-0.4, -0.2) is 67.0 Å². The molecule has 1 N–H and O–H groups in total. The van der Waals surface area contributed by atoms with Gasteiger partial charge in [0.2, 0.25) is 0 Å². The Labute approximate surface area is 235 Å². The van der Waals surface area contributed by atoms with Gasteiger partial charge in [0.15, 0.2) is 11.5 Å². The van der Waals surface area contributed by atoms with Gasteiger partial charge < -0.3 is 29.1 Å². The molecule has 0 bridgehead atoms. The van der Waals surface area contributed by atoms with Crippen molar-refractivity contribution in [3.05, 3.63) is 95.1 Å². The molecule has 1 fully saturated rings. The highest BCUT2D eigenvalue weighted by molar-refractivity contribution is 6.46. The average molecular weight is 545 g/mol. The highest BCUT2D eigenvalue weighted by atomic mass is 16.5. The normalized spacial score (nSPS) is 16.4. The number of carbonyl (C=O) groups is 2. The van der Waals surface area contributed by atoms with Gasteiger partial charge in [0.05, 0.1) is 25.8 Å². The number of nitrogens with zero attached hydrogens (tertiary/aromatic N) is 2. The van der Waals surface area contributed by atoms with Crippen LogP contribution in [0.15, 0.2) is 78.4 Å². The van der Waals surface area contributed by atoms with E-state index in [0.29, 0.717) is 48.1 Å². The van der Waals surface area contributed by atoms with Gasteiger partial charge in [-0.15, -0.1) is 0 Å². The van der Waals surface area contributed by atoms with E-state index in [-0.39, 0.29) is 11.3 Å². The quantitative estimate of drug-likeness (QED) is 0.194. The first kappa shape index (κ1) is 28.7. The summed E-state index contributed by atoms with van der Waals surface area (Å²) in [5, 5.41) is 11.4. The molecule has 1 atom stereocenters. The monoisotopic (exact) mass is 544 g/mol. The van der Waals surface area contributed by atoms with Gasteiger partial charge in [-0.3, -0.25) is 9.59 Å². The lowest BCUT2D eigenvalue weighted by atomic mass is 9.95. The van der Waals surface area contributed by atoms with E-state index in [2.05, 4.69) is 18.7 Å². The van der Waals surface area contributed by atoms with Crippen molar-refractivity contribution in [2.75, 3.05) is 40.4 Å². The number of ketones is 1.